The third kappa shape index (κ3) is 7.42. The quantitative estimate of drug-likeness (QED) is 0.208. The first-order valence-electron chi connectivity index (χ1n) is 12.0. The molecule has 1 aromatic heterocycles. The van der Waals surface area contributed by atoms with Crippen LogP contribution in [0.15, 0.2) is 18.6 Å². The highest BCUT2D eigenvalue weighted by Gasteiger charge is 2.38. The summed E-state index contributed by atoms with van der Waals surface area (Å²) in [5, 5.41) is 10.2. The van der Waals surface area contributed by atoms with Gasteiger partial charge in [-0.25, -0.2) is 5.06 Å². The Kier molecular flexibility index (Phi) is 9.47. The molecule has 9 nitrogen and oxygen atoms in total. The molecule has 2 fully saturated rings. The molecule has 180 valence electrons. The minimum absolute atomic E-state index is 0.0719. The summed E-state index contributed by atoms with van der Waals surface area (Å²) in [6, 6.07) is -0.601. The van der Waals surface area contributed by atoms with Crippen molar-refractivity contribution in [3.63, 3.8) is 0 Å². The lowest BCUT2D eigenvalue weighted by atomic mass is 9.91. The number of hydrogen-bond donors (Lipinski definition) is 1. The van der Waals surface area contributed by atoms with Crippen LogP contribution >= 0.6 is 0 Å². The number of carbonyl (C=O) groups is 4. The van der Waals surface area contributed by atoms with Gasteiger partial charge in [0.25, 0.3) is 0 Å². The second kappa shape index (κ2) is 12.5. The van der Waals surface area contributed by atoms with Crippen molar-refractivity contribution in [2.45, 2.75) is 76.7 Å². The average molecular weight is 459 g/mol. The second-order valence-corrected chi connectivity index (χ2v) is 9.23. The Hall–Kier alpha value is -2.68. The van der Waals surface area contributed by atoms with E-state index in [1.54, 1.807) is 23.5 Å². The first-order chi connectivity index (χ1) is 16.0. The number of rotatable bonds is 13. The number of amides is 2. The van der Waals surface area contributed by atoms with Crippen molar-refractivity contribution in [1.82, 2.24) is 19.9 Å². The zero-order valence-electron chi connectivity index (χ0n) is 19.1. The maximum Gasteiger partial charge on any atom is 0.233 e. The third-order valence-electron chi connectivity index (χ3n) is 6.76. The number of likely N-dealkylation sites (tertiary alicyclic amines) is 1. The van der Waals surface area contributed by atoms with Crippen molar-refractivity contribution in [2.24, 2.45) is 11.8 Å². The van der Waals surface area contributed by atoms with Crippen molar-refractivity contribution in [1.29, 1.82) is 0 Å². The van der Waals surface area contributed by atoms with Gasteiger partial charge in [-0.2, -0.15) is 0 Å². The van der Waals surface area contributed by atoms with Crippen LogP contribution in [0, 0.1) is 11.8 Å². The summed E-state index contributed by atoms with van der Waals surface area (Å²) < 4.78 is 0. The predicted octanol–water partition coefficient (Wildman–Crippen LogP) is 2.36. The molecule has 1 aliphatic heterocycles. The number of Topliss-reactive ketones (excluding diaryl/α,β-unsaturated/α-hetero) is 2. The summed E-state index contributed by atoms with van der Waals surface area (Å²) in [6.07, 6.45) is 12.7. The van der Waals surface area contributed by atoms with E-state index in [2.05, 4.69) is 9.97 Å². The molecule has 1 aliphatic carbocycles. The van der Waals surface area contributed by atoms with Gasteiger partial charge in [-0.05, 0) is 38.0 Å². The molecule has 0 spiro atoms. The fraction of sp³-hybridized carbons (Fsp3) is 0.667. The molecular weight excluding hydrogens is 424 g/mol. The first kappa shape index (κ1) is 25.0. The zero-order chi connectivity index (χ0) is 23.6. The molecule has 2 aliphatic rings. The molecule has 1 N–H and O–H groups in total. The van der Waals surface area contributed by atoms with E-state index in [1.165, 1.54) is 0 Å². The predicted molar refractivity (Wildman–Crippen MR) is 119 cm³/mol. The van der Waals surface area contributed by atoms with Gasteiger partial charge >= 0.3 is 0 Å². The standard InChI is InChI=1S/C24H34N4O5/c29-17-27(33)16-19(13-18-5-1-2-6-18)24(32)28-12-4-9-22(28)23(31)14-21(30)8-3-7-20-15-25-10-11-26-20/h10-11,15,17-19,22,33H,1-9,12-14,16H2/t19-,22+/m1/s1. The van der Waals surface area contributed by atoms with Crippen LogP contribution in [-0.2, 0) is 25.6 Å². The van der Waals surface area contributed by atoms with Crippen molar-refractivity contribution < 1.29 is 24.4 Å². The number of hydroxylamine groups is 2. The van der Waals surface area contributed by atoms with Gasteiger partial charge in [0.2, 0.25) is 12.3 Å². The van der Waals surface area contributed by atoms with Crippen LogP contribution in [0.25, 0.3) is 0 Å². The molecule has 1 saturated heterocycles. The summed E-state index contributed by atoms with van der Waals surface area (Å²) in [5.41, 5.74) is 0.811. The average Bonchev–Trinajstić information content (AvgIpc) is 3.51. The Morgan fingerprint density at radius 2 is 1.97 bits per heavy atom. The number of aryl methyl sites for hydroxylation is 1. The molecule has 2 heterocycles. The molecule has 1 saturated carbocycles. The van der Waals surface area contributed by atoms with E-state index in [-0.39, 0.29) is 36.9 Å². The van der Waals surface area contributed by atoms with E-state index < -0.39 is 12.0 Å². The molecule has 0 aromatic carbocycles. The molecule has 0 bridgehead atoms. The van der Waals surface area contributed by atoms with E-state index in [0.29, 0.717) is 56.0 Å². The number of ketones is 2. The Labute approximate surface area is 194 Å². The third-order valence-corrected chi connectivity index (χ3v) is 6.76. The van der Waals surface area contributed by atoms with Crippen LogP contribution in [-0.4, -0.2) is 68.2 Å². The summed E-state index contributed by atoms with van der Waals surface area (Å²) in [6.45, 7) is 0.390. The number of nitrogens with zero attached hydrogens (tertiary/aromatic N) is 4. The number of aromatic nitrogens is 2. The molecule has 33 heavy (non-hydrogen) atoms. The van der Waals surface area contributed by atoms with Crippen molar-refractivity contribution >= 4 is 23.9 Å². The summed E-state index contributed by atoms with van der Waals surface area (Å²) in [4.78, 5) is 59.3. The topological polar surface area (TPSA) is 121 Å². The van der Waals surface area contributed by atoms with Crippen molar-refractivity contribution in [2.75, 3.05) is 13.1 Å². The molecular formula is C24H34N4O5. The van der Waals surface area contributed by atoms with Crippen LogP contribution in [0.3, 0.4) is 0 Å². The molecule has 9 heteroatoms. The van der Waals surface area contributed by atoms with E-state index >= 15 is 0 Å². The van der Waals surface area contributed by atoms with E-state index in [4.69, 9.17) is 0 Å². The van der Waals surface area contributed by atoms with Gasteiger partial charge in [-0.15, -0.1) is 0 Å². The number of carbonyl (C=O) groups excluding carboxylic acids is 4. The normalized spacial score (nSPS) is 19.4. The zero-order valence-corrected chi connectivity index (χ0v) is 19.1. The summed E-state index contributed by atoms with van der Waals surface area (Å²) in [5.74, 6) is -0.700. The Bertz CT molecular complexity index is 812. The molecule has 0 unspecified atom stereocenters. The molecule has 2 atom stereocenters. The maximum atomic E-state index is 13.3. The molecule has 1 aromatic rings. The van der Waals surface area contributed by atoms with Crippen LogP contribution < -0.4 is 0 Å². The fourth-order valence-corrected chi connectivity index (χ4v) is 5.10. The van der Waals surface area contributed by atoms with E-state index in [1.807, 2.05) is 0 Å². The van der Waals surface area contributed by atoms with Crippen molar-refractivity contribution in [3.05, 3.63) is 24.3 Å². The van der Waals surface area contributed by atoms with E-state index in [0.717, 1.165) is 31.4 Å². The van der Waals surface area contributed by atoms with Gasteiger partial charge in [-0.1, -0.05) is 25.7 Å². The summed E-state index contributed by atoms with van der Waals surface area (Å²) in [7, 11) is 0. The van der Waals surface area contributed by atoms with Gasteiger partial charge < -0.3 is 4.90 Å². The lowest BCUT2D eigenvalue weighted by Crippen LogP contribution is -2.46. The van der Waals surface area contributed by atoms with Gasteiger partial charge in [0.05, 0.1) is 30.6 Å². The Morgan fingerprint density at radius 1 is 1.18 bits per heavy atom. The van der Waals surface area contributed by atoms with Crippen LogP contribution in [0.1, 0.15) is 69.9 Å². The minimum atomic E-state index is -0.601. The highest BCUT2D eigenvalue weighted by atomic mass is 16.5. The van der Waals surface area contributed by atoms with E-state index in [9.17, 15) is 24.4 Å². The van der Waals surface area contributed by atoms with Gasteiger partial charge in [-0.3, -0.25) is 34.4 Å². The molecule has 0 radical (unpaired) electrons. The highest BCUT2D eigenvalue weighted by molar-refractivity contribution is 6.03. The second-order valence-electron chi connectivity index (χ2n) is 9.23. The van der Waals surface area contributed by atoms with Crippen LogP contribution in [0.5, 0.6) is 0 Å². The number of hydrogen-bond acceptors (Lipinski definition) is 7. The minimum Gasteiger partial charge on any atom is -0.332 e. The monoisotopic (exact) mass is 458 g/mol. The maximum absolute atomic E-state index is 13.3. The Balaban J connectivity index is 1.54. The highest BCUT2D eigenvalue weighted by Crippen LogP contribution is 2.32. The van der Waals surface area contributed by atoms with Crippen molar-refractivity contribution in [3.8, 4) is 0 Å². The van der Waals surface area contributed by atoms with Crippen LogP contribution in [0.2, 0.25) is 0 Å². The molecule has 2 amide bonds. The van der Waals surface area contributed by atoms with Gasteiger partial charge in [0.15, 0.2) is 5.78 Å². The first-order valence-corrected chi connectivity index (χ1v) is 12.0. The lowest BCUT2D eigenvalue weighted by Gasteiger charge is -2.30. The van der Waals surface area contributed by atoms with Crippen LogP contribution in [0.4, 0.5) is 0 Å². The molecule has 3 rings (SSSR count). The smallest absolute Gasteiger partial charge is 0.233 e. The SMILES string of the molecule is O=CN(O)C[C@@H](CC1CCCC1)C(=O)N1CCC[C@H]1C(=O)CC(=O)CCCc1cnccn1. The summed E-state index contributed by atoms with van der Waals surface area (Å²) >= 11 is 0. The largest absolute Gasteiger partial charge is 0.332 e. The Morgan fingerprint density at radius 3 is 2.67 bits per heavy atom. The van der Waals surface area contributed by atoms with Gasteiger partial charge in [0.1, 0.15) is 5.78 Å². The lowest BCUT2D eigenvalue weighted by molar-refractivity contribution is -0.158. The van der Waals surface area contributed by atoms with Gasteiger partial charge in [0, 0.05) is 31.6 Å². The fourth-order valence-electron chi connectivity index (χ4n) is 5.10.